The summed E-state index contributed by atoms with van der Waals surface area (Å²) >= 11 is 5.77. The van der Waals surface area contributed by atoms with Crippen molar-refractivity contribution in [1.29, 1.82) is 0 Å². The molecule has 5 nitrogen and oxygen atoms in total. The van der Waals surface area contributed by atoms with Gasteiger partial charge in [-0.3, -0.25) is 4.79 Å². The molecule has 0 saturated heterocycles. The Bertz CT molecular complexity index is 739. The first-order valence-corrected chi connectivity index (χ1v) is 8.65. The number of nitrogens with one attached hydrogen (secondary N) is 2. The van der Waals surface area contributed by atoms with Gasteiger partial charge in [0.05, 0.1) is 12.2 Å². The Kier molecular flexibility index (Phi) is 7.72. The third-order valence-electron chi connectivity index (χ3n) is 3.48. The molecule has 0 radical (unpaired) electrons. The van der Waals surface area contributed by atoms with Crippen LogP contribution in [0, 0.1) is 0 Å². The maximum Gasteiger partial charge on any atom is 0.419 e. The fourth-order valence-corrected chi connectivity index (χ4v) is 2.33. The second-order valence-corrected chi connectivity index (χ2v) is 6.02. The van der Waals surface area contributed by atoms with E-state index in [1.165, 1.54) is 12.3 Å². The summed E-state index contributed by atoms with van der Waals surface area (Å²) in [5.74, 6) is 0.212. The number of amides is 1. The first-order valence-electron chi connectivity index (χ1n) is 8.27. The molecule has 0 saturated carbocycles. The number of ether oxygens (including phenoxy) is 1. The van der Waals surface area contributed by atoms with E-state index < -0.39 is 11.7 Å². The maximum atomic E-state index is 12.8. The highest BCUT2D eigenvalue weighted by Crippen LogP contribution is 2.33. The molecule has 1 aromatic carbocycles. The van der Waals surface area contributed by atoms with Crippen LogP contribution in [0.15, 0.2) is 42.6 Å². The molecule has 0 bridgehead atoms. The molecule has 0 fully saturated rings. The van der Waals surface area contributed by atoms with Crippen LogP contribution in [0.2, 0.25) is 5.02 Å². The Morgan fingerprint density at radius 2 is 1.89 bits per heavy atom. The lowest BCUT2D eigenvalue weighted by Gasteiger charge is -2.13. The highest BCUT2D eigenvalue weighted by Gasteiger charge is 2.33. The molecule has 0 aliphatic heterocycles. The van der Waals surface area contributed by atoms with Gasteiger partial charge in [0.25, 0.3) is 0 Å². The maximum absolute atomic E-state index is 12.8. The Labute approximate surface area is 159 Å². The summed E-state index contributed by atoms with van der Waals surface area (Å²) in [6.45, 7) is 0.689. The van der Waals surface area contributed by atoms with Gasteiger partial charge < -0.3 is 15.4 Å². The predicted molar refractivity (Wildman–Crippen MR) is 96.9 cm³/mol. The summed E-state index contributed by atoms with van der Waals surface area (Å²) in [5, 5.41) is 5.84. The number of hydrogen-bond acceptors (Lipinski definition) is 4. The minimum absolute atomic E-state index is 0.132. The largest absolute Gasteiger partial charge is 0.494 e. The quantitative estimate of drug-likeness (QED) is 0.620. The second-order valence-electron chi connectivity index (χ2n) is 5.58. The molecule has 0 aliphatic carbocycles. The summed E-state index contributed by atoms with van der Waals surface area (Å²) in [7, 11) is 0. The van der Waals surface area contributed by atoms with E-state index >= 15 is 0 Å². The van der Waals surface area contributed by atoms with E-state index in [9.17, 15) is 18.0 Å². The van der Waals surface area contributed by atoms with Crippen LogP contribution in [-0.2, 0) is 11.0 Å². The van der Waals surface area contributed by atoms with Crippen LogP contribution in [0.3, 0.4) is 0 Å². The molecule has 146 valence electrons. The van der Waals surface area contributed by atoms with Gasteiger partial charge in [-0.05, 0) is 42.8 Å². The minimum Gasteiger partial charge on any atom is -0.494 e. The number of anilines is 1. The van der Waals surface area contributed by atoms with Crippen LogP contribution in [0.4, 0.5) is 19.0 Å². The Morgan fingerprint density at radius 3 is 2.59 bits per heavy atom. The smallest absolute Gasteiger partial charge is 0.419 e. The van der Waals surface area contributed by atoms with Crippen molar-refractivity contribution < 1.29 is 22.7 Å². The normalized spacial score (nSPS) is 11.1. The average Bonchev–Trinajstić information content (AvgIpc) is 2.63. The molecule has 1 heterocycles. The standard InChI is InChI=1S/C18H19ClF3N3O2/c19-13-5-7-14(8-6-13)27-12-2-4-16(26)23-10-11-25-17-15(18(20,21)22)3-1-9-24-17/h1,3,5-9H,2,4,10-12H2,(H,23,26)(H,24,25). The molecule has 2 rings (SSSR count). The van der Waals surface area contributed by atoms with Crippen molar-refractivity contribution in [1.82, 2.24) is 10.3 Å². The van der Waals surface area contributed by atoms with Gasteiger partial charge in [-0.25, -0.2) is 4.98 Å². The average molecular weight is 402 g/mol. The van der Waals surface area contributed by atoms with E-state index in [1.807, 2.05) is 0 Å². The van der Waals surface area contributed by atoms with Gasteiger partial charge in [-0.15, -0.1) is 0 Å². The number of aromatic nitrogens is 1. The van der Waals surface area contributed by atoms with E-state index in [0.29, 0.717) is 23.8 Å². The summed E-state index contributed by atoms with van der Waals surface area (Å²) < 4.78 is 44.0. The number of benzene rings is 1. The second kappa shape index (κ2) is 10.0. The number of pyridine rings is 1. The first kappa shape index (κ1) is 20.8. The molecular weight excluding hydrogens is 383 g/mol. The van der Waals surface area contributed by atoms with E-state index in [-0.39, 0.29) is 31.2 Å². The van der Waals surface area contributed by atoms with Gasteiger partial charge in [0.15, 0.2) is 0 Å². The molecule has 27 heavy (non-hydrogen) atoms. The van der Waals surface area contributed by atoms with Crippen molar-refractivity contribution in [3.05, 3.63) is 53.2 Å². The van der Waals surface area contributed by atoms with Crippen molar-refractivity contribution in [2.75, 3.05) is 25.0 Å². The summed E-state index contributed by atoms with van der Waals surface area (Å²) in [6, 6.07) is 9.07. The van der Waals surface area contributed by atoms with Crippen LogP contribution < -0.4 is 15.4 Å². The highest BCUT2D eigenvalue weighted by molar-refractivity contribution is 6.30. The Balaban J connectivity index is 1.62. The minimum atomic E-state index is -4.48. The molecule has 1 aromatic heterocycles. The van der Waals surface area contributed by atoms with E-state index in [0.717, 1.165) is 6.07 Å². The predicted octanol–water partition coefficient (Wildman–Crippen LogP) is 4.14. The molecule has 0 unspecified atom stereocenters. The highest BCUT2D eigenvalue weighted by atomic mass is 35.5. The SMILES string of the molecule is O=C(CCCOc1ccc(Cl)cc1)NCCNc1ncccc1C(F)(F)F. The summed E-state index contributed by atoms with van der Waals surface area (Å²) in [5.41, 5.74) is -0.837. The Hall–Kier alpha value is -2.48. The fourth-order valence-electron chi connectivity index (χ4n) is 2.20. The zero-order chi connectivity index (χ0) is 19.7. The zero-order valence-corrected chi connectivity index (χ0v) is 15.1. The topological polar surface area (TPSA) is 63.2 Å². The number of hydrogen-bond donors (Lipinski definition) is 2. The van der Waals surface area contributed by atoms with Crippen LogP contribution >= 0.6 is 11.6 Å². The third-order valence-corrected chi connectivity index (χ3v) is 3.74. The van der Waals surface area contributed by atoms with Crippen molar-refractivity contribution in [2.24, 2.45) is 0 Å². The van der Waals surface area contributed by atoms with Gasteiger partial charge in [0, 0.05) is 30.7 Å². The molecule has 0 aliphatic rings. The van der Waals surface area contributed by atoms with Crippen LogP contribution in [0.25, 0.3) is 0 Å². The third kappa shape index (κ3) is 7.34. The molecule has 2 aromatic rings. The van der Waals surface area contributed by atoms with Crippen molar-refractivity contribution in [3.8, 4) is 5.75 Å². The van der Waals surface area contributed by atoms with Crippen molar-refractivity contribution in [3.63, 3.8) is 0 Å². The van der Waals surface area contributed by atoms with Crippen LogP contribution in [-0.4, -0.2) is 30.6 Å². The summed E-state index contributed by atoms with van der Waals surface area (Å²) in [4.78, 5) is 15.4. The molecule has 9 heteroatoms. The van der Waals surface area contributed by atoms with Crippen molar-refractivity contribution in [2.45, 2.75) is 19.0 Å². The molecule has 0 atom stereocenters. The Morgan fingerprint density at radius 1 is 1.15 bits per heavy atom. The van der Waals surface area contributed by atoms with E-state index in [1.54, 1.807) is 24.3 Å². The number of carbonyl (C=O) groups excluding carboxylic acids is 1. The van der Waals surface area contributed by atoms with Gasteiger partial charge in [0.2, 0.25) is 5.91 Å². The van der Waals surface area contributed by atoms with Gasteiger partial charge in [-0.2, -0.15) is 13.2 Å². The van der Waals surface area contributed by atoms with Crippen LogP contribution in [0.1, 0.15) is 18.4 Å². The molecule has 2 N–H and O–H groups in total. The number of alkyl halides is 3. The number of nitrogens with zero attached hydrogens (tertiary/aromatic N) is 1. The zero-order valence-electron chi connectivity index (χ0n) is 14.4. The first-order chi connectivity index (χ1) is 12.9. The van der Waals surface area contributed by atoms with Crippen molar-refractivity contribution >= 4 is 23.3 Å². The number of carbonyl (C=O) groups is 1. The number of halogens is 4. The monoisotopic (exact) mass is 401 g/mol. The molecular formula is C18H19ClF3N3O2. The lowest BCUT2D eigenvalue weighted by molar-refractivity contribution is -0.137. The van der Waals surface area contributed by atoms with Gasteiger partial charge in [-0.1, -0.05) is 11.6 Å². The van der Waals surface area contributed by atoms with Gasteiger partial charge >= 0.3 is 6.18 Å². The lowest BCUT2D eigenvalue weighted by Crippen LogP contribution is -2.29. The van der Waals surface area contributed by atoms with E-state index in [2.05, 4.69) is 15.6 Å². The molecule has 0 spiro atoms. The fraction of sp³-hybridized carbons (Fsp3) is 0.333. The van der Waals surface area contributed by atoms with Crippen LogP contribution in [0.5, 0.6) is 5.75 Å². The van der Waals surface area contributed by atoms with Gasteiger partial charge in [0.1, 0.15) is 11.6 Å². The van der Waals surface area contributed by atoms with E-state index in [4.69, 9.17) is 16.3 Å². The lowest BCUT2D eigenvalue weighted by atomic mass is 10.2. The molecule has 1 amide bonds. The summed E-state index contributed by atoms with van der Waals surface area (Å²) in [6.07, 6.45) is -2.44. The number of rotatable bonds is 9.